The Morgan fingerprint density at radius 1 is 0.706 bits per heavy atom. The van der Waals surface area contributed by atoms with E-state index in [1.807, 2.05) is 0 Å². The van der Waals surface area contributed by atoms with Crippen molar-refractivity contribution in [3.05, 3.63) is 53.6 Å². The van der Waals surface area contributed by atoms with Crippen LogP contribution >= 0.6 is 0 Å². The van der Waals surface area contributed by atoms with Gasteiger partial charge in [-0.15, -0.1) is 0 Å². The van der Waals surface area contributed by atoms with Gasteiger partial charge in [-0.25, -0.2) is 17.6 Å². The summed E-state index contributed by atoms with van der Waals surface area (Å²) in [5.74, 6) is -4.16. The van der Waals surface area contributed by atoms with Gasteiger partial charge >= 0.3 is 0 Å². The lowest BCUT2D eigenvalue weighted by Gasteiger charge is -2.07. The Bertz CT molecular complexity index is 581. The van der Waals surface area contributed by atoms with Crippen LogP contribution in [0.15, 0.2) is 30.3 Å². The maximum absolute atomic E-state index is 13.4. The van der Waals surface area contributed by atoms with Crippen molar-refractivity contribution in [2.75, 3.05) is 5.73 Å². The molecule has 0 spiro atoms. The minimum atomic E-state index is -1.30. The average Bonchev–Trinajstić information content (AvgIpc) is 2.27. The molecular formula is C12H7F4N. The molecule has 0 saturated heterocycles. The highest BCUT2D eigenvalue weighted by molar-refractivity contribution is 5.76. The normalized spacial score (nSPS) is 10.6. The van der Waals surface area contributed by atoms with Crippen molar-refractivity contribution >= 4 is 5.69 Å². The minimum absolute atomic E-state index is 0.0126. The van der Waals surface area contributed by atoms with Crippen molar-refractivity contribution in [3.8, 4) is 11.1 Å². The molecule has 0 unspecified atom stereocenters. The predicted molar refractivity (Wildman–Crippen MR) is 56.1 cm³/mol. The van der Waals surface area contributed by atoms with Gasteiger partial charge < -0.3 is 5.73 Å². The second-order valence-electron chi connectivity index (χ2n) is 3.48. The van der Waals surface area contributed by atoms with Gasteiger partial charge in [-0.2, -0.15) is 0 Å². The van der Waals surface area contributed by atoms with E-state index in [0.29, 0.717) is 12.1 Å². The molecule has 1 nitrogen and oxygen atoms in total. The highest BCUT2D eigenvalue weighted by Crippen LogP contribution is 2.30. The number of benzene rings is 2. The Morgan fingerprint density at radius 2 is 1.35 bits per heavy atom. The van der Waals surface area contributed by atoms with E-state index in [9.17, 15) is 17.6 Å². The van der Waals surface area contributed by atoms with Crippen LogP contribution in [0.4, 0.5) is 23.2 Å². The summed E-state index contributed by atoms with van der Waals surface area (Å²) in [5.41, 5.74) is 5.32. The largest absolute Gasteiger partial charge is 0.398 e. The first-order valence-corrected chi connectivity index (χ1v) is 4.69. The lowest BCUT2D eigenvalue weighted by molar-refractivity contribution is 0.496. The monoisotopic (exact) mass is 241 g/mol. The quantitative estimate of drug-likeness (QED) is 0.461. The fraction of sp³-hybridized carbons (Fsp3) is 0. The number of halogens is 4. The molecule has 0 aliphatic heterocycles. The topological polar surface area (TPSA) is 26.0 Å². The second-order valence-corrected chi connectivity index (χ2v) is 3.48. The van der Waals surface area contributed by atoms with Gasteiger partial charge in [0.05, 0.1) is 0 Å². The van der Waals surface area contributed by atoms with E-state index in [0.717, 1.165) is 12.1 Å². The van der Waals surface area contributed by atoms with E-state index in [1.54, 1.807) is 0 Å². The van der Waals surface area contributed by atoms with Crippen LogP contribution in [0.3, 0.4) is 0 Å². The predicted octanol–water partition coefficient (Wildman–Crippen LogP) is 3.49. The number of rotatable bonds is 1. The van der Waals surface area contributed by atoms with Crippen LogP contribution in [0.25, 0.3) is 11.1 Å². The summed E-state index contributed by atoms with van der Waals surface area (Å²) in [6.07, 6.45) is 0. The molecule has 0 aliphatic carbocycles. The van der Waals surface area contributed by atoms with Crippen LogP contribution in [0.1, 0.15) is 0 Å². The molecule has 0 bridgehead atoms. The Hall–Kier alpha value is -2.04. The number of anilines is 1. The zero-order valence-corrected chi connectivity index (χ0v) is 8.48. The van der Waals surface area contributed by atoms with Gasteiger partial charge in [-0.05, 0) is 24.3 Å². The van der Waals surface area contributed by atoms with Crippen LogP contribution in [0.5, 0.6) is 0 Å². The molecule has 0 radical (unpaired) electrons. The van der Waals surface area contributed by atoms with Gasteiger partial charge in [0.25, 0.3) is 0 Å². The molecule has 17 heavy (non-hydrogen) atoms. The summed E-state index contributed by atoms with van der Waals surface area (Å²) < 4.78 is 52.2. The number of nitrogens with two attached hydrogens (primary N) is 1. The Labute approximate surface area is 94.5 Å². The van der Waals surface area contributed by atoms with Gasteiger partial charge in [-0.3, -0.25) is 0 Å². The summed E-state index contributed by atoms with van der Waals surface area (Å²) in [6, 6.07) is 4.33. The molecule has 2 N–H and O–H groups in total. The Morgan fingerprint density at radius 3 is 2.06 bits per heavy atom. The molecule has 0 amide bonds. The highest BCUT2D eigenvalue weighted by atomic mass is 19.2. The number of hydrogen-bond acceptors (Lipinski definition) is 1. The van der Waals surface area contributed by atoms with E-state index in [4.69, 9.17) is 5.73 Å². The first-order valence-electron chi connectivity index (χ1n) is 4.69. The van der Waals surface area contributed by atoms with Crippen molar-refractivity contribution in [3.63, 3.8) is 0 Å². The van der Waals surface area contributed by atoms with Crippen LogP contribution in [0.2, 0.25) is 0 Å². The molecule has 5 heteroatoms. The van der Waals surface area contributed by atoms with E-state index >= 15 is 0 Å². The van der Waals surface area contributed by atoms with Gasteiger partial charge in [0.15, 0.2) is 11.6 Å². The lowest BCUT2D eigenvalue weighted by atomic mass is 10.0. The third-order valence-corrected chi connectivity index (χ3v) is 2.32. The number of nitrogen functional groups attached to an aromatic ring is 1. The zero-order chi connectivity index (χ0) is 12.6. The highest BCUT2D eigenvalue weighted by Gasteiger charge is 2.14. The summed E-state index contributed by atoms with van der Waals surface area (Å²) in [5, 5.41) is 0. The summed E-state index contributed by atoms with van der Waals surface area (Å²) in [7, 11) is 0. The maximum Gasteiger partial charge on any atom is 0.161 e. The van der Waals surface area contributed by atoms with Crippen molar-refractivity contribution < 1.29 is 17.6 Å². The van der Waals surface area contributed by atoms with E-state index in [2.05, 4.69) is 0 Å². The molecular weight excluding hydrogens is 234 g/mol. The molecule has 88 valence electrons. The minimum Gasteiger partial charge on any atom is -0.398 e. The maximum atomic E-state index is 13.4. The molecule has 2 rings (SSSR count). The molecule has 0 heterocycles. The standard InChI is InChI=1S/C12H7F4N/c13-6-1-2-12(17)8(3-6)7-4-10(15)11(16)5-9(7)14/h1-5H,17H2. The summed E-state index contributed by atoms with van der Waals surface area (Å²) in [4.78, 5) is 0. The van der Waals surface area contributed by atoms with Crippen molar-refractivity contribution in [2.24, 2.45) is 0 Å². The molecule has 2 aromatic carbocycles. The zero-order valence-electron chi connectivity index (χ0n) is 8.48. The Kier molecular flexibility index (Phi) is 2.75. The molecule has 0 saturated carbocycles. The van der Waals surface area contributed by atoms with Crippen LogP contribution in [-0.2, 0) is 0 Å². The summed E-state index contributed by atoms with van der Waals surface area (Å²) >= 11 is 0. The fourth-order valence-corrected chi connectivity index (χ4v) is 1.49. The average molecular weight is 241 g/mol. The molecule has 2 aromatic rings. The van der Waals surface area contributed by atoms with Crippen LogP contribution in [0, 0.1) is 23.3 Å². The van der Waals surface area contributed by atoms with Crippen LogP contribution in [-0.4, -0.2) is 0 Å². The molecule has 0 atom stereocenters. The van der Waals surface area contributed by atoms with E-state index in [-0.39, 0.29) is 16.8 Å². The van der Waals surface area contributed by atoms with Crippen molar-refractivity contribution in [1.82, 2.24) is 0 Å². The van der Waals surface area contributed by atoms with E-state index < -0.39 is 23.3 Å². The van der Waals surface area contributed by atoms with Gasteiger partial charge in [-0.1, -0.05) is 0 Å². The third-order valence-electron chi connectivity index (χ3n) is 2.32. The van der Waals surface area contributed by atoms with Crippen molar-refractivity contribution in [1.29, 1.82) is 0 Å². The molecule has 0 aromatic heterocycles. The van der Waals surface area contributed by atoms with Crippen molar-refractivity contribution in [2.45, 2.75) is 0 Å². The molecule has 0 fully saturated rings. The van der Waals surface area contributed by atoms with E-state index in [1.165, 1.54) is 6.07 Å². The smallest absolute Gasteiger partial charge is 0.161 e. The first-order chi connectivity index (χ1) is 7.99. The Balaban J connectivity index is 2.68. The second kappa shape index (κ2) is 4.08. The van der Waals surface area contributed by atoms with Crippen LogP contribution < -0.4 is 5.73 Å². The lowest BCUT2D eigenvalue weighted by Crippen LogP contribution is -1.96. The summed E-state index contributed by atoms with van der Waals surface area (Å²) in [6.45, 7) is 0. The van der Waals surface area contributed by atoms with Gasteiger partial charge in [0.1, 0.15) is 11.6 Å². The first kappa shape index (κ1) is 11.4. The molecule has 0 aliphatic rings. The van der Waals surface area contributed by atoms with Gasteiger partial charge in [0.2, 0.25) is 0 Å². The number of hydrogen-bond donors (Lipinski definition) is 1. The SMILES string of the molecule is Nc1ccc(F)cc1-c1cc(F)c(F)cc1F. The van der Waals surface area contributed by atoms with Gasteiger partial charge in [0, 0.05) is 22.9 Å². The fourth-order valence-electron chi connectivity index (χ4n) is 1.49. The third kappa shape index (κ3) is 2.08.